The number of unbranched alkanes of at least 4 members (excludes halogenated alkanes) is 4. The average molecular weight is 639 g/mol. The van der Waals surface area contributed by atoms with Gasteiger partial charge in [0, 0.05) is 58.9 Å². The molecule has 0 saturated carbocycles. The molecular formula is C39H46N2O6. The van der Waals surface area contributed by atoms with Gasteiger partial charge in [0.25, 0.3) is 0 Å². The number of esters is 1. The first-order chi connectivity index (χ1) is 22.7. The van der Waals surface area contributed by atoms with Gasteiger partial charge < -0.3 is 14.1 Å². The number of Topliss-reactive ketones (excluding diaryl/α,β-unsaturated/α-hetero) is 1. The highest BCUT2D eigenvalue weighted by atomic mass is 16.7. The summed E-state index contributed by atoms with van der Waals surface area (Å²) in [6.07, 6.45) is 8.71. The third-order valence-corrected chi connectivity index (χ3v) is 8.57. The van der Waals surface area contributed by atoms with E-state index in [0.717, 1.165) is 79.7 Å². The number of aromatic nitrogens is 1. The molecular weight excluding hydrogens is 592 g/mol. The molecule has 0 spiro atoms. The fourth-order valence-corrected chi connectivity index (χ4v) is 5.97. The fraction of sp³-hybridized carbons (Fsp3) is 0.410. The summed E-state index contributed by atoms with van der Waals surface area (Å²) < 4.78 is 7.43. The molecule has 0 radical (unpaired) electrons. The summed E-state index contributed by atoms with van der Waals surface area (Å²) in [7, 11) is 0. The van der Waals surface area contributed by atoms with Crippen molar-refractivity contribution in [3.05, 3.63) is 77.4 Å². The van der Waals surface area contributed by atoms with Crippen LogP contribution in [0, 0.1) is 5.92 Å². The quantitative estimate of drug-likeness (QED) is 0.0217. The van der Waals surface area contributed by atoms with Gasteiger partial charge in [0.2, 0.25) is 5.78 Å². The number of ketones is 2. The van der Waals surface area contributed by atoms with Crippen molar-refractivity contribution in [2.45, 2.75) is 99.0 Å². The lowest BCUT2D eigenvalue weighted by molar-refractivity contribution is -0.141. The molecule has 0 amide bonds. The van der Waals surface area contributed by atoms with E-state index in [9.17, 15) is 19.2 Å². The molecule has 3 aromatic carbocycles. The largest absolute Gasteiger partial charge is 0.427 e. The monoisotopic (exact) mass is 638 g/mol. The van der Waals surface area contributed by atoms with Crippen LogP contribution in [0.15, 0.2) is 65.8 Å². The molecule has 0 bridgehead atoms. The third kappa shape index (κ3) is 9.03. The number of hydrogen-bond donors (Lipinski definition) is 0. The number of oxime groups is 1. The highest BCUT2D eigenvalue weighted by Gasteiger charge is 2.21. The van der Waals surface area contributed by atoms with Crippen LogP contribution >= 0.6 is 0 Å². The number of ether oxygens (including phenoxy) is 1. The van der Waals surface area contributed by atoms with E-state index in [1.54, 1.807) is 24.3 Å². The van der Waals surface area contributed by atoms with Crippen LogP contribution < -0.4 is 4.74 Å². The van der Waals surface area contributed by atoms with Gasteiger partial charge >= 0.3 is 11.9 Å². The van der Waals surface area contributed by atoms with Crippen LogP contribution in [0.3, 0.4) is 0 Å². The summed E-state index contributed by atoms with van der Waals surface area (Å²) in [6.45, 7) is 9.97. The Morgan fingerprint density at radius 3 is 1.94 bits per heavy atom. The maximum atomic E-state index is 13.8. The van der Waals surface area contributed by atoms with E-state index in [0.29, 0.717) is 34.8 Å². The summed E-state index contributed by atoms with van der Waals surface area (Å²) in [5.41, 5.74) is 3.64. The maximum absolute atomic E-state index is 13.8. The van der Waals surface area contributed by atoms with E-state index in [4.69, 9.17) is 9.57 Å². The van der Waals surface area contributed by atoms with E-state index in [1.807, 2.05) is 36.4 Å². The standard InChI is InChI=1S/C39H46N2O6/c1-6-9-11-12-14-35(40-47-27(5)43)39(45)31-18-22-37-34(24-31)33-23-30(38(44)29-15-19-32(20-16-29)46-26(4)42)17-21-36(33)41(37)25-28(8-3)13-10-7-2/h15-24,28H,6-14,25H2,1-5H3/b40-35+. The maximum Gasteiger partial charge on any atom is 0.331 e. The Kier molecular flexibility index (Phi) is 12.6. The van der Waals surface area contributed by atoms with Gasteiger partial charge in [-0.05, 0) is 85.8 Å². The highest BCUT2D eigenvalue weighted by Crippen LogP contribution is 2.33. The smallest absolute Gasteiger partial charge is 0.331 e. The zero-order valence-corrected chi connectivity index (χ0v) is 28.3. The summed E-state index contributed by atoms with van der Waals surface area (Å²) in [6, 6.07) is 17.9. The highest BCUT2D eigenvalue weighted by molar-refractivity contribution is 6.46. The normalized spacial score (nSPS) is 12.3. The second kappa shape index (κ2) is 16.8. The molecule has 1 heterocycles. The molecule has 0 saturated heterocycles. The molecule has 0 N–H and O–H groups in total. The summed E-state index contributed by atoms with van der Waals surface area (Å²) in [4.78, 5) is 55.2. The first-order valence-electron chi connectivity index (χ1n) is 16.8. The fourth-order valence-electron chi connectivity index (χ4n) is 5.97. The molecule has 47 heavy (non-hydrogen) atoms. The Labute approximate surface area is 277 Å². The zero-order valence-electron chi connectivity index (χ0n) is 28.3. The molecule has 0 aliphatic carbocycles. The van der Waals surface area contributed by atoms with Crippen LogP contribution in [0.4, 0.5) is 0 Å². The molecule has 1 atom stereocenters. The molecule has 4 rings (SSSR count). The Hall–Kier alpha value is -4.59. The molecule has 0 aliphatic rings. The van der Waals surface area contributed by atoms with Crippen molar-refractivity contribution >= 4 is 51.0 Å². The van der Waals surface area contributed by atoms with Gasteiger partial charge in [-0.3, -0.25) is 14.4 Å². The molecule has 1 unspecified atom stereocenters. The second-order valence-corrected chi connectivity index (χ2v) is 12.2. The predicted molar refractivity (Wildman–Crippen MR) is 186 cm³/mol. The van der Waals surface area contributed by atoms with Gasteiger partial charge in [-0.15, -0.1) is 0 Å². The van der Waals surface area contributed by atoms with Crippen molar-refractivity contribution in [1.29, 1.82) is 0 Å². The van der Waals surface area contributed by atoms with Gasteiger partial charge in [-0.2, -0.15) is 0 Å². The topological polar surface area (TPSA) is 104 Å². The van der Waals surface area contributed by atoms with E-state index in [-0.39, 0.29) is 17.3 Å². The SMILES string of the molecule is CCCCCC/C(=N\OC(C)=O)C(=O)c1ccc2c(c1)c1cc(C(=O)c3ccc(OC(C)=O)cc3)ccc1n2CC(CC)CCCC. The zero-order chi connectivity index (χ0) is 33.9. The van der Waals surface area contributed by atoms with Crippen LogP contribution in [-0.2, 0) is 21.0 Å². The molecule has 4 aromatic rings. The van der Waals surface area contributed by atoms with Gasteiger partial charge in [-0.25, -0.2) is 4.79 Å². The number of nitrogens with zero attached hydrogens (tertiary/aromatic N) is 2. The van der Waals surface area contributed by atoms with Gasteiger partial charge in [0.05, 0.1) is 0 Å². The van der Waals surface area contributed by atoms with Crippen molar-refractivity contribution in [3.8, 4) is 5.75 Å². The van der Waals surface area contributed by atoms with Crippen molar-refractivity contribution in [2.24, 2.45) is 11.1 Å². The number of fused-ring (bicyclic) bond motifs is 3. The Morgan fingerprint density at radius 2 is 1.34 bits per heavy atom. The van der Waals surface area contributed by atoms with Gasteiger partial charge in [0.1, 0.15) is 11.5 Å². The summed E-state index contributed by atoms with van der Waals surface area (Å²) in [5.74, 6) is -0.580. The Bertz CT molecular complexity index is 1770. The van der Waals surface area contributed by atoms with E-state index < -0.39 is 11.9 Å². The lowest BCUT2D eigenvalue weighted by Gasteiger charge is -2.17. The van der Waals surface area contributed by atoms with E-state index in [2.05, 4.69) is 30.5 Å². The van der Waals surface area contributed by atoms with Crippen molar-refractivity contribution in [2.75, 3.05) is 0 Å². The van der Waals surface area contributed by atoms with Crippen LogP contribution in [0.2, 0.25) is 0 Å². The molecule has 8 nitrogen and oxygen atoms in total. The number of carbonyl (C=O) groups is 4. The summed E-state index contributed by atoms with van der Waals surface area (Å²) >= 11 is 0. The van der Waals surface area contributed by atoms with Gasteiger partial charge in [0.15, 0.2) is 5.78 Å². The molecule has 0 aliphatic heterocycles. The Balaban J connectivity index is 1.80. The molecule has 248 valence electrons. The van der Waals surface area contributed by atoms with Crippen molar-refractivity contribution in [1.82, 2.24) is 4.57 Å². The first-order valence-corrected chi connectivity index (χ1v) is 16.8. The van der Waals surface area contributed by atoms with E-state index in [1.165, 1.54) is 13.8 Å². The lowest BCUT2D eigenvalue weighted by atomic mass is 9.98. The van der Waals surface area contributed by atoms with Gasteiger partial charge in [-0.1, -0.05) is 64.5 Å². The number of carbonyl (C=O) groups excluding carboxylic acids is 4. The lowest BCUT2D eigenvalue weighted by Crippen LogP contribution is -2.16. The summed E-state index contributed by atoms with van der Waals surface area (Å²) in [5, 5.41) is 5.70. The first kappa shape index (κ1) is 35.3. The number of rotatable bonds is 17. The number of hydrogen-bond acceptors (Lipinski definition) is 7. The minimum absolute atomic E-state index is 0.160. The average Bonchev–Trinajstić information content (AvgIpc) is 3.37. The minimum atomic E-state index is -0.575. The van der Waals surface area contributed by atoms with Crippen LogP contribution in [0.1, 0.15) is 119 Å². The molecule has 8 heteroatoms. The van der Waals surface area contributed by atoms with Crippen molar-refractivity contribution < 1.29 is 28.8 Å². The van der Waals surface area contributed by atoms with Crippen molar-refractivity contribution in [3.63, 3.8) is 0 Å². The third-order valence-electron chi connectivity index (χ3n) is 8.57. The molecule has 0 fully saturated rings. The van der Waals surface area contributed by atoms with E-state index >= 15 is 0 Å². The predicted octanol–water partition coefficient (Wildman–Crippen LogP) is 9.24. The van der Waals surface area contributed by atoms with Crippen LogP contribution in [0.25, 0.3) is 21.8 Å². The number of benzene rings is 3. The molecule has 1 aromatic heterocycles. The second-order valence-electron chi connectivity index (χ2n) is 12.2. The van der Waals surface area contributed by atoms with Crippen LogP contribution in [-0.4, -0.2) is 33.8 Å². The minimum Gasteiger partial charge on any atom is -0.427 e. The van der Waals surface area contributed by atoms with Crippen LogP contribution in [0.5, 0.6) is 5.75 Å². The Morgan fingerprint density at radius 1 is 0.723 bits per heavy atom.